The maximum Gasteiger partial charge on any atom is 0.353 e. The van der Waals surface area contributed by atoms with Crippen LogP contribution >= 0.6 is 0 Å². The normalized spacial score (nSPS) is 42.8. The van der Waals surface area contributed by atoms with Gasteiger partial charge in [0.05, 0.1) is 63.9 Å². The summed E-state index contributed by atoms with van der Waals surface area (Å²) in [4.78, 5) is 3.28. The van der Waals surface area contributed by atoms with Crippen LogP contribution < -0.4 is 5.73 Å². The van der Waals surface area contributed by atoms with Gasteiger partial charge in [-0.3, -0.25) is 15.7 Å². The largest absolute Gasteiger partial charge is 0.412 e. The van der Waals surface area contributed by atoms with Crippen LogP contribution in [-0.2, 0) is 23.7 Å². The number of ether oxygens (including phenoxy) is 5. The van der Waals surface area contributed by atoms with Crippen LogP contribution in [0.2, 0.25) is 0 Å². The van der Waals surface area contributed by atoms with Crippen molar-refractivity contribution in [3.05, 3.63) is 0 Å². The Bertz CT molecular complexity index is 1160. The van der Waals surface area contributed by atoms with Crippen LogP contribution in [0.5, 0.6) is 0 Å². The smallest absolute Gasteiger partial charge is 0.353 e. The Morgan fingerprint density at radius 2 is 1.43 bits per heavy atom. The fourth-order valence-electron chi connectivity index (χ4n) is 7.59. The lowest BCUT2D eigenvalue weighted by Crippen LogP contribution is -2.65. The minimum absolute atomic E-state index is 0. The molecule has 13 N–H and O–H groups in total. The van der Waals surface area contributed by atoms with Gasteiger partial charge >= 0.3 is 5.96 Å². The molecular formula is C32H60N5O14+. The number of rotatable bonds is 7. The first-order valence-corrected chi connectivity index (χ1v) is 17.9. The van der Waals surface area contributed by atoms with Gasteiger partial charge in [0.2, 0.25) is 0 Å². The summed E-state index contributed by atoms with van der Waals surface area (Å²) < 4.78 is 32.2. The van der Waals surface area contributed by atoms with Crippen LogP contribution in [0.1, 0.15) is 39.5 Å². The van der Waals surface area contributed by atoms with Crippen LogP contribution in [0.3, 0.4) is 0 Å². The Balaban J connectivity index is 0.00000583. The zero-order valence-electron chi connectivity index (χ0n) is 29.4. The minimum atomic E-state index is -1.72. The lowest BCUT2D eigenvalue weighted by atomic mass is 9.86. The molecule has 296 valence electrons. The molecule has 0 aromatic rings. The third-order valence-electron chi connectivity index (χ3n) is 10.8. The number of hydrogen-bond acceptors (Lipinski definition) is 15. The van der Waals surface area contributed by atoms with E-state index in [1.54, 1.807) is 14.4 Å². The van der Waals surface area contributed by atoms with Gasteiger partial charge in [-0.15, -0.1) is 0 Å². The van der Waals surface area contributed by atoms with E-state index >= 15 is 0 Å². The van der Waals surface area contributed by atoms with E-state index in [1.807, 2.05) is 13.8 Å². The molecule has 5 aliphatic rings. The van der Waals surface area contributed by atoms with Gasteiger partial charge in [0.25, 0.3) is 5.96 Å². The Morgan fingerprint density at radius 3 is 2.12 bits per heavy atom. The molecule has 5 aliphatic heterocycles. The third kappa shape index (κ3) is 8.94. The summed E-state index contributed by atoms with van der Waals surface area (Å²) in [6, 6.07) is 0. The van der Waals surface area contributed by atoms with E-state index in [2.05, 4.69) is 0 Å². The highest BCUT2D eigenvalue weighted by Crippen LogP contribution is 2.33. The van der Waals surface area contributed by atoms with E-state index < -0.39 is 98.0 Å². The number of aliphatic hydroxyl groups excluding tert-OH is 8. The molecule has 0 spiro atoms. The van der Waals surface area contributed by atoms with E-state index in [0.29, 0.717) is 25.9 Å². The van der Waals surface area contributed by atoms with E-state index in [0.717, 1.165) is 12.8 Å². The fraction of sp³-hybridized carbons (Fsp3) is 0.938. The van der Waals surface area contributed by atoms with Crippen molar-refractivity contribution in [2.24, 2.45) is 17.6 Å². The van der Waals surface area contributed by atoms with Crippen molar-refractivity contribution in [3.63, 3.8) is 0 Å². The average molecular weight is 739 g/mol. The summed E-state index contributed by atoms with van der Waals surface area (Å²) in [7, 11) is 0. The van der Waals surface area contributed by atoms with Crippen LogP contribution in [0.25, 0.3) is 0 Å². The second-order valence-electron chi connectivity index (χ2n) is 14.2. The number of hydrogen-bond donors (Lipinski definition) is 10. The number of nitrogens with zero attached hydrogens (tertiary/aromatic N) is 3. The van der Waals surface area contributed by atoms with Gasteiger partial charge in [-0.2, -0.15) is 4.90 Å². The molecule has 0 radical (unpaired) electrons. The molecular weight excluding hydrogens is 678 g/mol. The Kier molecular flexibility index (Phi) is 15.2. The van der Waals surface area contributed by atoms with Crippen molar-refractivity contribution in [2.75, 3.05) is 59.2 Å². The van der Waals surface area contributed by atoms with Crippen LogP contribution in [0.15, 0.2) is 0 Å². The van der Waals surface area contributed by atoms with E-state index in [-0.39, 0.29) is 56.9 Å². The predicted molar refractivity (Wildman–Crippen MR) is 177 cm³/mol. The molecule has 4 saturated heterocycles. The van der Waals surface area contributed by atoms with Gasteiger partial charge in [-0.1, -0.05) is 26.7 Å². The summed E-state index contributed by atoms with van der Waals surface area (Å²) in [5.41, 5.74) is 7.00. The van der Waals surface area contributed by atoms with Crippen LogP contribution in [0, 0.1) is 17.2 Å². The Hall–Kier alpha value is -1.82. The zero-order chi connectivity index (χ0) is 36.3. The maximum atomic E-state index is 11.5. The van der Waals surface area contributed by atoms with E-state index in [4.69, 9.17) is 29.4 Å². The molecule has 5 bridgehead atoms. The molecule has 15 unspecified atom stereocenters. The molecule has 0 saturated carbocycles. The van der Waals surface area contributed by atoms with Crippen molar-refractivity contribution in [1.82, 2.24) is 9.80 Å². The van der Waals surface area contributed by atoms with Gasteiger partial charge in [0.15, 0.2) is 6.29 Å². The lowest BCUT2D eigenvalue weighted by Gasteiger charge is -2.46. The number of guanidine groups is 2. The molecule has 0 aliphatic carbocycles. The molecule has 4 fully saturated rings. The van der Waals surface area contributed by atoms with Gasteiger partial charge in [-0.05, 0) is 12.8 Å². The third-order valence-corrected chi connectivity index (χ3v) is 10.8. The number of fused-ring (bicyclic) bond motifs is 5. The topological polar surface area (TPSA) is 299 Å². The van der Waals surface area contributed by atoms with E-state index in [1.165, 1.54) is 0 Å². The summed E-state index contributed by atoms with van der Waals surface area (Å²) >= 11 is 0. The first-order chi connectivity index (χ1) is 23.9. The number of aliphatic hydroxyl groups is 8. The molecule has 19 heteroatoms. The van der Waals surface area contributed by atoms with Gasteiger partial charge < -0.3 is 74.9 Å². The predicted octanol–water partition coefficient (Wildman–Crippen LogP) is -5.30. The van der Waals surface area contributed by atoms with Crippen molar-refractivity contribution in [3.8, 4) is 0 Å². The van der Waals surface area contributed by atoms with Crippen molar-refractivity contribution in [2.45, 2.75) is 119 Å². The standard InChI is InChI=1S/C32H57N5O13.H2O/c1-3-5-7-35-9-18-16(12-38)23(39)25(41)21(48-18)14-46-13-17-19-11-37(31(35)33)32(34)36(8-6-4-2)10-20-29(27(43)28(44)30(45)50-20)47-15-22(49-19)26(42)24(17)40;/h16-30,33-34,38-45H,3-15H2,1-2H3;1H2/p+1. The molecule has 0 amide bonds. The average Bonchev–Trinajstić information content (AvgIpc) is 3.10. The quantitative estimate of drug-likeness (QED) is 0.109. The molecule has 0 aromatic heterocycles. The monoisotopic (exact) mass is 738 g/mol. The Labute approximate surface area is 297 Å². The maximum absolute atomic E-state index is 11.5. The van der Waals surface area contributed by atoms with E-state index in [9.17, 15) is 46.3 Å². The second kappa shape index (κ2) is 18.5. The van der Waals surface area contributed by atoms with Crippen molar-refractivity contribution < 1.29 is 74.6 Å². The Morgan fingerprint density at radius 1 is 0.765 bits per heavy atom. The molecule has 51 heavy (non-hydrogen) atoms. The highest BCUT2D eigenvalue weighted by molar-refractivity contribution is 5.94. The summed E-state index contributed by atoms with van der Waals surface area (Å²) in [5.74, 6) is -1.68. The molecule has 5 rings (SSSR count). The van der Waals surface area contributed by atoms with Crippen LogP contribution in [0.4, 0.5) is 0 Å². The number of nitrogens with two attached hydrogens (primary N) is 1. The molecule has 5 heterocycles. The van der Waals surface area contributed by atoms with Gasteiger partial charge in [-0.25, -0.2) is 0 Å². The highest BCUT2D eigenvalue weighted by Gasteiger charge is 2.52. The number of nitrogens with one attached hydrogen (secondary N) is 1. The van der Waals surface area contributed by atoms with Crippen molar-refractivity contribution in [1.29, 1.82) is 5.41 Å². The first kappa shape index (κ1) is 41.9. The summed E-state index contributed by atoms with van der Waals surface area (Å²) in [5, 5.41) is 96.6. The molecule has 0 aromatic carbocycles. The molecule has 19 nitrogen and oxygen atoms in total. The zero-order valence-corrected chi connectivity index (χ0v) is 29.4. The van der Waals surface area contributed by atoms with Gasteiger partial charge in [0.1, 0.15) is 55.4 Å². The van der Waals surface area contributed by atoms with Crippen molar-refractivity contribution >= 4 is 11.9 Å². The SMILES string of the molecule is CCCCN1CC2OC(COCC3C4CN(C1=N)C(N)=[N+](CCCC)CC1OC(O)C(O)C(O)C1OCC(O4)C(O)C3O)C(O)C(O)C2CO.O. The first-order valence-electron chi connectivity index (χ1n) is 17.9. The summed E-state index contributed by atoms with van der Waals surface area (Å²) in [6.07, 6.45) is -13.7. The number of unbranched alkanes of at least 4 members (excludes halogenated alkanes) is 2. The van der Waals surface area contributed by atoms with Gasteiger partial charge in [0, 0.05) is 24.9 Å². The lowest BCUT2D eigenvalue weighted by molar-refractivity contribution is -0.550. The minimum Gasteiger partial charge on any atom is -0.412 e. The summed E-state index contributed by atoms with van der Waals surface area (Å²) in [6.45, 7) is 3.63. The van der Waals surface area contributed by atoms with Crippen LogP contribution in [-0.4, -0.2) is 211 Å². The fourth-order valence-corrected chi connectivity index (χ4v) is 7.59. The second-order valence-corrected chi connectivity index (χ2v) is 14.2. The molecule has 15 atom stereocenters. The highest BCUT2D eigenvalue weighted by atomic mass is 16.7.